The molecule has 0 aliphatic heterocycles. The standard InChI is InChI=1S/C22H15ClF2N2O/c1-27-14-16(23)11-20(22(27)28)18(19-12-17(24)7-8-21(19)25)6-4-2-3-5-15-9-10-26-13-15/h7-14,18,26H,6H2,1H3. The van der Waals surface area contributed by atoms with Crippen LogP contribution >= 0.6 is 11.6 Å². The van der Waals surface area contributed by atoms with Gasteiger partial charge in [0, 0.05) is 49.1 Å². The molecule has 0 spiro atoms. The third-order valence-electron chi connectivity index (χ3n) is 4.15. The maximum Gasteiger partial charge on any atom is 0.254 e. The maximum absolute atomic E-state index is 14.4. The lowest BCUT2D eigenvalue weighted by atomic mass is 9.89. The van der Waals surface area contributed by atoms with Crippen molar-refractivity contribution in [3.8, 4) is 23.7 Å². The van der Waals surface area contributed by atoms with Crippen molar-refractivity contribution < 1.29 is 8.78 Å². The average molecular weight is 397 g/mol. The summed E-state index contributed by atoms with van der Waals surface area (Å²) in [6.45, 7) is 0. The number of rotatable bonds is 3. The fourth-order valence-electron chi connectivity index (χ4n) is 2.82. The number of H-pyrrole nitrogens is 1. The third kappa shape index (κ3) is 4.52. The minimum absolute atomic E-state index is 0.0484. The summed E-state index contributed by atoms with van der Waals surface area (Å²) in [7, 11) is 1.55. The van der Waals surface area contributed by atoms with Crippen molar-refractivity contribution >= 4 is 11.6 Å². The Bertz CT molecular complexity index is 1180. The Morgan fingerprint density at radius 3 is 2.75 bits per heavy atom. The van der Waals surface area contributed by atoms with E-state index in [4.69, 9.17) is 11.6 Å². The molecule has 0 fully saturated rings. The molecule has 1 N–H and O–H groups in total. The zero-order valence-corrected chi connectivity index (χ0v) is 15.6. The van der Waals surface area contributed by atoms with E-state index < -0.39 is 17.6 Å². The Balaban J connectivity index is 2.01. The highest BCUT2D eigenvalue weighted by molar-refractivity contribution is 6.30. The van der Waals surface area contributed by atoms with Crippen LogP contribution in [0.5, 0.6) is 0 Å². The van der Waals surface area contributed by atoms with Gasteiger partial charge in [0.05, 0.1) is 5.02 Å². The molecule has 0 saturated carbocycles. The molecule has 0 aliphatic rings. The quantitative estimate of drug-likeness (QED) is 0.661. The van der Waals surface area contributed by atoms with Gasteiger partial charge in [0.15, 0.2) is 0 Å². The van der Waals surface area contributed by atoms with Crippen LogP contribution in [0.4, 0.5) is 8.78 Å². The lowest BCUT2D eigenvalue weighted by Gasteiger charge is -2.17. The number of halogens is 3. The number of aryl methyl sites for hydroxylation is 1. The van der Waals surface area contributed by atoms with Crippen LogP contribution in [0.25, 0.3) is 0 Å². The molecule has 2 aromatic heterocycles. The smallest absolute Gasteiger partial charge is 0.254 e. The second-order valence-corrected chi connectivity index (χ2v) is 6.54. The van der Waals surface area contributed by atoms with Crippen molar-refractivity contribution in [1.82, 2.24) is 9.55 Å². The summed E-state index contributed by atoms with van der Waals surface area (Å²) in [5.74, 6) is 9.09. The highest BCUT2D eigenvalue weighted by atomic mass is 35.5. The maximum atomic E-state index is 14.4. The Kier molecular flexibility index (Phi) is 5.99. The van der Waals surface area contributed by atoms with Crippen molar-refractivity contribution in [3.05, 3.63) is 92.6 Å². The predicted octanol–water partition coefficient (Wildman–Crippen LogP) is 4.22. The van der Waals surface area contributed by atoms with E-state index in [1.54, 1.807) is 25.5 Å². The summed E-state index contributed by atoms with van der Waals surface area (Å²) in [6.07, 6.45) is 5.02. The van der Waals surface area contributed by atoms with Gasteiger partial charge in [-0.25, -0.2) is 8.78 Å². The summed E-state index contributed by atoms with van der Waals surface area (Å²) < 4.78 is 29.5. The fraction of sp³-hybridized carbons (Fsp3) is 0.136. The van der Waals surface area contributed by atoms with Gasteiger partial charge in [-0.3, -0.25) is 4.79 Å². The molecule has 0 aliphatic carbocycles. The predicted molar refractivity (Wildman–Crippen MR) is 105 cm³/mol. The number of hydrogen-bond acceptors (Lipinski definition) is 1. The molecule has 1 aromatic carbocycles. The van der Waals surface area contributed by atoms with Gasteiger partial charge in [0.1, 0.15) is 11.6 Å². The number of nitrogens with zero attached hydrogens (tertiary/aromatic N) is 1. The van der Waals surface area contributed by atoms with Gasteiger partial charge >= 0.3 is 0 Å². The van der Waals surface area contributed by atoms with Crippen LogP contribution in [0.1, 0.15) is 29.0 Å². The van der Waals surface area contributed by atoms with Crippen LogP contribution in [0.3, 0.4) is 0 Å². The molecule has 3 aromatic rings. The number of pyridine rings is 1. The van der Waals surface area contributed by atoms with E-state index in [9.17, 15) is 13.6 Å². The van der Waals surface area contributed by atoms with Gasteiger partial charge in [-0.2, -0.15) is 0 Å². The molecule has 2 heterocycles. The van der Waals surface area contributed by atoms with Crippen LogP contribution < -0.4 is 5.56 Å². The largest absolute Gasteiger partial charge is 0.367 e. The molecular formula is C22H15ClF2N2O. The van der Waals surface area contributed by atoms with E-state index in [-0.39, 0.29) is 23.1 Å². The molecule has 1 unspecified atom stereocenters. The number of aromatic nitrogens is 2. The summed E-state index contributed by atoms with van der Waals surface area (Å²) in [5.41, 5.74) is 0.726. The second kappa shape index (κ2) is 8.61. The summed E-state index contributed by atoms with van der Waals surface area (Å²) in [6, 6.07) is 6.40. The van der Waals surface area contributed by atoms with Crippen molar-refractivity contribution in [2.24, 2.45) is 7.05 Å². The number of hydrogen-bond donors (Lipinski definition) is 1. The zero-order valence-electron chi connectivity index (χ0n) is 14.9. The molecule has 1 atom stereocenters. The van der Waals surface area contributed by atoms with E-state index in [1.807, 2.05) is 0 Å². The topological polar surface area (TPSA) is 37.8 Å². The highest BCUT2D eigenvalue weighted by Gasteiger charge is 2.22. The van der Waals surface area contributed by atoms with Crippen LogP contribution in [-0.4, -0.2) is 9.55 Å². The Morgan fingerprint density at radius 2 is 2.00 bits per heavy atom. The van der Waals surface area contributed by atoms with Gasteiger partial charge in [-0.05, 0) is 47.7 Å². The van der Waals surface area contributed by atoms with Crippen LogP contribution in [0.2, 0.25) is 5.02 Å². The lowest BCUT2D eigenvalue weighted by Crippen LogP contribution is -2.23. The summed E-state index contributed by atoms with van der Waals surface area (Å²) >= 11 is 6.08. The SMILES string of the molecule is Cn1cc(Cl)cc(C(CC#CC#Cc2cc[nH]c2)c2cc(F)ccc2F)c1=O. The van der Waals surface area contributed by atoms with Crippen LogP contribution in [-0.2, 0) is 7.05 Å². The number of benzene rings is 1. The minimum atomic E-state index is -0.783. The van der Waals surface area contributed by atoms with E-state index in [1.165, 1.54) is 16.8 Å². The van der Waals surface area contributed by atoms with Gasteiger partial charge in [-0.15, -0.1) is 0 Å². The molecule has 140 valence electrons. The molecule has 28 heavy (non-hydrogen) atoms. The first-order valence-corrected chi connectivity index (χ1v) is 8.76. The van der Waals surface area contributed by atoms with E-state index in [2.05, 4.69) is 28.7 Å². The lowest BCUT2D eigenvalue weighted by molar-refractivity contribution is 0.574. The fourth-order valence-corrected chi connectivity index (χ4v) is 3.08. The first kappa shape index (κ1) is 19.5. The Hall–Kier alpha value is -3.28. The summed E-state index contributed by atoms with van der Waals surface area (Å²) in [4.78, 5) is 15.5. The van der Waals surface area contributed by atoms with Crippen LogP contribution in [0.15, 0.2) is 53.7 Å². The molecule has 0 radical (unpaired) electrons. The van der Waals surface area contributed by atoms with Gasteiger partial charge in [0.2, 0.25) is 0 Å². The first-order valence-electron chi connectivity index (χ1n) is 8.38. The molecule has 3 nitrogen and oxygen atoms in total. The van der Waals surface area contributed by atoms with Crippen molar-refractivity contribution in [2.75, 3.05) is 0 Å². The van der Waals surface area contributed by atoms with Crippen LogP contribution in [0, 0.1) is 35.3 Å². The minimum Gasteiger partial charge on any atom is -0.367 e. The number of aromatic amines is 1. The zero-order chi connectivity index (χ0) is 20.1. The van der Waals surface area contributed by atoms with Gasteiger partial charge < -0.3 is 9.55 Å². The van der Waals surface area contributed by atoms with E-state index >= 15 is 0 Å². The monoisotopic (exact) mass is 396 g/mol. The van der Waals surface area contributed by atoms with Gasteiger partial charge in [-0.1, -0.05) is 23.4 Å². The van der Waals surface area contributed by atoms with E-state index in [0.717, 1.165) is 23.8 Å². The Morgan fingerprint density at radius 1 is 1.18 bits per heavy atom. The highest BCUT2D eigenvalue weighted by Crippen LogP contribution is 2.29. The van der Waals surface area contributed by atoms with E-state index in [0.29, 0.717) is 5.02 Å². The molecule has 6 heteroatoms. The molecule has 0 bridgehead atoms. The van der Waals surface area contributed by atoms with Crippen molar-refractivity contribution in [1.29, 1.82) is 0 Å². The first-order chi connectivity index (χ1) is 13.5. The Labute approximate surface area is 166 Å². The normalized spacial score (nSPS) is 11.1. The van der Waals surface area contributed by atoms with Crippen molar-refractivity contribution in [2.45, 2.75) is 12.3 Å². The summed E-state index contributed by atoms with van der Waals surface area (Å²) in [5, 5.41) is 0.319. The molecular weight excluding hydrogens is 382 g/mol. The molecule has 0 saturated heterocycles. The van der Waals surface area contributed by atoms with Crippen molar-refractivity contribution in [3.63, 3.8) is 0 Å². The average Bonchev–Trinajstić information content (AvgIpc) is 3.17. The number of nitrogens with one attached hydrogen (secondary N) is 1. The third-order valence-corrected chi connectivity index (χ3v) is 4.36. The molecule has 3 rings (SSSR count). The second-order valence-electron chi connectivity index (χ2n) is 6.10. The molecule has 0 amide bonds. The van der Waals surface area contributed by atoms with Gasteiger partial charge in [0.25, 0.3) is 5.56 Å².